The van der Waals surface area contributed by atoms with Crippen LogP contribution in [0, 0.1) is 6.92 Å². The second-order valence-corrected chi connectivity index (χ2v) is 5.57. The summed E-state index contributed by atoms with van der Waals surface area (Å²) in [5.41, 5.74) is 0.687. The Bertz CT molecular complexity index is 401. The number of thiophene rings is 1. The van der Waals surface area contributed by atoms with E-state index in [1.165, 1.54) is 25.2 Å². The topological polar surface area (TPSA) is 52.6 Å². The lowest BCUT2D eigenvalue weighted by atomic mass is 10.2. The standard InChI is InChI=1S/C7H8O2S.C6H12O2/c1-5-3-4-10-7(5)9-6(2)8;1-5(7)8-6(2,3)4/h3-4H,1-2H3;1-4H3. The summed E-state index contributed by atoms with van der Waals surface area (Å²) in [6, 6.07) is 1.92. The van der Waals surface area contributed by atoms with Crippen LogP contribution in [0.5, 0.6) is 5.06 Å². The molecule has 0 fully saturated rings. The van der Waals surface area contributed by atoms with Crippen molar-refractivity contribution in [2.24, 2.45) is 0 Å². The lowest BCUT2D eigenvalue weighted by molar-refractivity contribution is -0.151. The van der Waals surface area contributed by atoms with Crippen molar-refractivity contribution in [1.82, 2.24) is 0 Å². The number of ether oxygens (including phenoxy) is 2. The first-order chi connectivity index (χ1) is 8.11. The van der Waals surface area contributed by atoms with Gasteiger partial charge in [0.05, 0.1) is 0 Å². The summed E-state index contributed by atoms with van der Waals surface area (Å²) < 4.78 is 9.66. The predicted molar refractivity (Wildman–Crippen MR) is 71.9 cm³/mol. The summed E-state index contributed by atoms with van der Waals surface area (Å²) >= 11 is 1.43. The second kappa shape index (κ2) is 7.16. The first-order valence-electron chi connectivity index (χ1n) is 5.54. The van der Waals surface area contributed by atoms with Gasteiger partial charge in [-0.05, 0) is 39.1 Å². The van der Waals surface area contributed by atoms with Gasteiger partial charge in [-0.2, -0.15) is 0 Å². The number of carbonyl (C=O) groups excluding carboxylic acids is 2. The summed E-state index contributed by atoms with van der Waals surface area (Å²) in [4.78, 5) is 20.7. The third-order valence-corrected chi connectivity index (χ3v) is 2.39. The molecular weight excluding hydrogens is 252 g/mol. The molecule has 4 nitrogen and oxygen atoms in total. The molecule has 0 aliphatic rings. The van der Waals surface area contributed by atoms with Gasteiger partial charge in [-0.25, -0.2) is 0 Å². The SMILES string of the molecule is CC(=O)OC(C)(C)C.CC(=O)Oc1sccc1C. The Morgan fingerprint density at radius 1 is 1.17 bits per heavy atom. The molecule has 0 spiro atoms. The second-order valence-electron chi connectivity index (χ2n) is 4.69. The van der Waals surface area contributed by atoms with Crippen molar-refractivity contribution in [3.05, 3.63) is 17.0 Å². The first-order valence-corrected chi connectivity index (χ1v) is 6.42. The molecule has 1 aromatic heterocycles. The van der Waals surface area contributed by atoms with Gasteiger partial charge in [0.1, 0.15) is 5.60 Å². The van der Waals surface area contributed by atoms with Crippen molar-refractivity contribution in [1.29, 1.82) is 0 Å². The van der Waals surface area contributed by atoms with E-state index in [1.54, 1.807) is 0 Å². The van der Waals surface area contributed by atoms with Crippen molar-refractivity contribution < 1.29 is 19.1 Å². The summed E-state index contributed by atoms with van der Waals surface area (Å²) in [6.45, 7) is 10.2. The van der Waals surface area contributed by atoms with E-state index in [0.717, 1.165) is 5.56 Å². The van der Waals surface area contributed by atoms with Crippen LogP contribution in [0.4, 0.5) is 0 Å². The van der Waals surface area contributed by atoms with Crippen LogP contribution in [0.15, 0.2) is 11.4 Å². The Hall–Kier alpha value is -1.36. The molecule has 0 N–H and O–H groups in total. The Morgan fingerprint density at radius 3 is 1.94 bits per heavy atom. The van der Waals surface area contributed by atoms with Gasteiger partial charge < -0.3 is 9.47 Å². The highest BCUT2D eigenvalue weighted by Gasteiger charge is 2.11. The zero-order valence-electron chi connectivity index (χ0n) is 11.7. The van der Waals surface area contributed by atoms with E-state index in [-0.39, 0.29) is 17.5 Å². The maximum Gasteiger partial charge on any atom is 0.308 e. The molecule has 0 bridgehead atoms. The summed E-state index contributed by atoms with van der Waals surface area (Å²) in [7, 11) is 0. The number of rotatable bonds is 1. The molecule has 1 heterocycles. The van der Waals surface area contributed by atoms with Crippen LogP contribution in [0.3, 0.4) is 0 Å². The van der Waals surface area contributed by atoms with Crippen LogP contribution in [-0.4, -0.2) is 17.5 Å². The van der Waals surface area contributed by atoms with Gasteiger partial charge in [0, 0.05) is 19.4 Å². The molecule has 5 heteroatoms. The fourth-order valence-corrected chi connectivity index (χ4v) is 1.84. The molecule has 1 rings (SSSR count). The molecule has 0 aromatic carbocycles. The van der Waals surface area contributed by atoms with Crippen LogP contribution in [-0.2, 0) is 14.3 Å². The Kier molecular flexibility index (Phi) is 6.62. The van der Waals surface area contributed by atoms with E-state index in [0.29, 0.717) is 5.06 Å². The average molecular weight is 272 g/mol. The fourth-order valence-electron chi connectivity index (χ4n) is 1.03. The zero-order valence-corrected chi connectivity index (χ0v) is 12.5. The van der Waals surface area contributed by atoms with Crippen LogP contribution in [0.25, 0.3) is 0 Å². The molecular formula is C13H20O4S. The Morgan fingerprint density at radius 2 is 1.72 bits per heavy atom. The summed E-state index contributed by atoms with van der Waals surface area (Å²) in [5, 5.41) is 2.60. The molecule has 0 atom stereocenters. The molecule has 18 heavy (non-hydrogen) atoms. The highest BCUT2D eigenvalue weighted by molar-refractivity contribution is 7.12. The summed E-state index contributed by atoms with van der Waals surface area (Å²) in [6.07, 6.45) is 0. The molecule has 0 aliphatic heterocycles. The molecule has 0 unspecified atom stereocenters. The molecule has 0 aliphatic carbocycles. The summed E-state index contributed by atoms with van der Waals surface area (Å²) in [5.74, 6) is -0.483. The lowest BCUT2D eigenvalue weighted by Gasteiger charge is -2.17. The van der Waals surface area contributed by atoms with E-state index in [9.17, 15) is 9.59 Å². The van der Waals surface area contributed by atoms with Crippen molar-refractivity contribution in [3.63, 3.8) is 0 Å². The predicted octanol–water partition coefficient (Wildman–Crippen LogP) is 3.33. The Balaban J connectivity index is 0.000000331. The minimum Gasteiger partial charge on any atom is -0.460 e. The molecule has 0 amide bonds. The van der Waals surface area contributed by atoms with Crippen molar-refractivity contribution in [2.45, 2.75) is 47.1 Å². The third-order valence-electron chi connectivity index (χ3n) is 1.50. The third kappa shape index (κ3) is 8.75. The van der Waals surface area contributed by atoms with Crippen LogP contribution >= 0.6 is 11.3 Å². The highest BCUT2D eigenvalue weighted by atomic mass is 32.1. The smallest absolute Gasteiger partial charge is 0.308 e. The number of hydrogen-bond donors (Lipinski definition) is 0. The molecule has 1 aromatic rings. The fraction of sp³-hybridized carbons (Fsp3) is 0.538. The van der Waals surface area contributed by atoms with E-state index < -0.39 is 0 Å². The minimum absolute atomic E-state index is 0.225. The van der Waals surface area contributed by atoms with Gasteiger partial charge in [0.25, 0.3) is 0 Å². The first kappa shape index (κ1) is 16.6. The Labute approximate surface area is 112 Å². The maximum atomic E-state index is 10.4. The minimum atomic E-state index is -0.328. The maximum absolute atomic E-state index is 10.4. The number of hydrogen-bond acceptors (Lipinski definition) is 5. The van der Waals surface area contributed by atoms with Crippen molar-refractivity contribution in [2.75, 3.05) is 0 Å². The lowest BCUT2D eigenvalue weighted by Crippen LogP contribution is -2.21. The van der Waals surface area contributed by atoms with Gasteiger partial charge in [0.2, 0.25) is 0 Å². The molecule has 0 radical (unpaired) electrons. The van der Waals surface area contributed by atoms with E-state index in [2.05, 4.69) is 0 Å². The van der Waals surface area contributed by atoms with Crippen LogP contribution < -0.4 is 4.74 Å². The largest absolute Gasteiger partial charge is 0.460 e. The van der Waals surface area contributed by atoms with E-state index in [1.807, 2.05) is 39.1 Å². The molecule has 0 saturated carbocycles. The monoisotopic (exact) mass is 272 g/mol. The van der Waals surface area contributed by atoms with Crippen LogP contribution in [0.1, 0.15) is 40.2 Å². The normalized spacial score (nSPS) is 10.1. The van der Waals surface area contributed by atoms with E-state index in [4.69, 9.17) is 9.47 Å². The number of aryl methyl sites for hydroxylation is 1. The van der Waals surface area contributed by atoms with Crippen LogP contribution in [0.2, 0.25) is 0 Å². The van der Waals surface area contributed by atoms with E-state index >= 15 is 0 Å². The molecule has 0 saturated heterocycles. The molecule has 102 valence electrons. The van der Waals surface area contributed by atoms with Crippen molar-refractivity contribution in [3.8, 4) is 5.06 Å². The highest BCUT2D eigenvalue weighted by Crippen LogP contribution is 2.24. The van der Waals surface area contributed by atoms with Gasteiger partial charge in [-0.1, -0.05) is 0 Å². The average Bonchev–Trinajstić information content (AvgIpc) is 2.47. The van der Waals surface area contributed by atoms with Gasteiger partial charge in [0.15, 0.2) is 5.06 Å². The quantitative estimate of drug-likeness (QED) is 0.736. The van der Waals surface area contributed by atoms with Gasteiger partial charge in [-0.15, -0.1) is 11.3 Å². The van der Waals surface area contributed by atoms with Gasteiger partial charge in [-0.3, -0.25) is 9.59 Å². The number of esters is 2. The van der Waals surface area contributed by atoms with Gasteiger partial charge >= 0.3 is 11.9 Å². The number of carbonyl (C=O) groups is 2. The zero-order chi connectivity index (χ0) is 14.3. The van der Waals surface area contributed by atoms with Crippen molar-refractivity contribution >= 4 is 23.3 Å².